The predicted molar refractivity (Wildman–Crippen MR) is 59.5 cm³/mol. The van der Waals surface area contributed by atoms with Gasteiger partial charge in [0.1, 0.15) is 0 Å². The summed E-state index contributed by atoms with van der Waals surface area (Å²) >= 11 is 0. The van der Waals surface area contributed by atoms with Crippen molar-refractivity contribution in [1.82, 2.24) is 0 Å². The topological polar surface area (TPSA) is 29.1 Å². The fraction of sp³-hybridized carbons (Fsp3) is 0.417. The Morgan fingerprint density at radius 2 is 1.65 bits per heavy atom. The molecule has 17 heavy (non-hydrogen) atoms. The molecular weight excluding hydrogens is 231 g/mol. The SMILES string of the molecule is CC(C)(C)C(=O)Nc1ccccc1C(F)(F)F. The number of amides is 1. The van der Waals surface area contributed by atoms with Crippen molar-refractivity contribution in [3.05, 3.63) is 29.8 Å². The summed E-state index contributed by atoms with van der Waals surface area (Å²) in [7, 11) is 0. The minimum absolute atomic E-state index is 0.208. The Morgan fingerprint density at radius 3 is 2.12 bits per heavy atom. The normalized spacial score (nSPS) is 12.4. The van der Waals surface area contributed by atoms with Crippen LogP contribution in [0.5, 0.6) is 0 Å². The standard InChI is InChI=1S/C12H14F3NO/c1-11(2,3)10(17)16-9-7-5-4-6-8(9)12(13,14)15/h4-7H,1-3H3,(H,16,17). The number of hydrogen-bond donors (Lipinski definition) is 1. The van der Waals surface area contributed by atoms with Gasteiger partial charge in [0.25, 0.3) is 0 Å². The third-order valence-corrected chi connectivity index (χ3v) is 2.16. The van der Waals surface area contributed by atoms with Gasteiger partial charge in [-0.1, -0.05) is 32.9 Å². The molecule has 0 saturated carbocycles. The molecule has 0 atom stereocenters. The average Bonchev–Trinajstić information content (AvgIpc) is 2.15. The largest absolute Gasteiger partial charge is 0.418 e. The molecule has 0 aliphatic rings. The summed E-state index contributed by atoms with van der Waals surface area (Å²) in [6.45, 7) is 4.91. The maximum Gasteiger partial charge on any atom is 0.418 e. The fourth-order valence-electron chi connectivity index (χ4n) is 1.15. The van der Waals surface area contributed by atoms with Gasteiger partial charge in [-0.15, -0.1) is 0 Å². The molecule has 0 fully saturated rings. The lowest BCUT2D eigenvalue weighted by Gasteiger charge is -2.20. The van der Waals surface area contributed by atoms with Gasteiger partial charge in [-0.3, -0.25) is 4.79 Å². The number of nitrogens with one attached hydrogen (secondary N) is 1. The summed E-state index contributed by atoms with van der Waals surface area (Å²) in [6, 6.07) is 4.92. The van der Waals surface area contributed by atoms with Crippen molar-refractivity contribution in [3.8, 4) is 0 Å². The smallest absolute Gasteiger partial charge is 0.325 e. The second-order valence-corrected chi connectivity index (χ2v) is 4.75. The van der Waals surface area contributed by atoms with Gasteiger partial charge >= 0.3 is 6.18 Å². The zero-order valence-electron chi connectivity index (χ0n) is 9.85. The number of benzene rings is 1. The first-order chi connectivity index (χ1) is 7.62. The van der Waals surface area contributed by atoms with Gasteiger partial charge in [-0.05, 0) is 12.1 Å². The van der Waals surface area contributed by atoms with Crippen LogP contribution < -0.4 is 5.32 Å². The molecule has 0 aliphatic heterocycles. The van der Waals surface area contributed by atoms with Gasteiger partial charge in [-0.25, -0.2) is 0 Å². The maximum atomic E-state index is 12.6. The third kappa shape index (κ3) is 3.47. The van der Waals surface area contributed by atoms with Crippen LogP contribution in [0.1, 0.15) is 26.3 Å². The van der Waals surface area contributed by atoms with Crippen molar-refractivity contribution in [2.45, 2.75) is 26.9 Å². The van der Waals surface area contributed by atoms with Crippen LogP contribution in [-0.2, 0) is 11.0 Å². The molecule has 1 aromatic carbocycles. The van der Waals surface area contributed by atoms with E-state index in [1.54, 1.807) is 20.8 Å². The van der Waals surface area contributed by atoms with Gasteiger partial charge in [0.2, 0.25) is 5.91 Å². The van der Waals surface area contributed by atoms with E-state index >= 15 is 0 Å². The molecule has 0 saturated heterocycles. The summed E-state index contributed by atoms with van der Waals surface area (Å²) in [5.74, 6) is -0.450. The number of anilines is 1. The van der Waals surface area contributed by atoms with Gasteiger partial charge in [0, 0.05) is 5.41 Å². The van der Waals surface area contributed by atoms with Crippen molar-refractivity contribution in [3.63, 3.8) is 0 Å². The van der Waals surface area contributed by atoms with E-state index in [2.05, 4.69) is 5.32 Å². The van der Waals surface area contributed by atoms with Gasteiger partial charge in [0.15, 0.2) is 0 Å². The lowest BCUT2D eigenvalue weighted by atomic mass is 9.95. The molecule has 1 rings (SSSR count). The Kier molecular flexibility index (Phi) is 3.50. The molecule has 0 heterocycles. The molecule has 0 spiro atoms. The molecule has 1 aromatic rings. The van der Waals surface area contributed by atoms with Crippen LogP contribution in [-0.4, -0.2) is 5.91 Å². The second kappa shape index (κ2) is 4.39. The molecule has 1 amide bonds. The quantitative estimate of drug-likeness (QED) is 0.803. The minimum atomic E-state index is -4.47. The Hall–Kier alpha value is -1.52. The van der Waals surface area contributed by atoms with Gasteiger partial charge in [0.05, 0.1) is 11.3 Å². The van der Waals surface area contributed by atoms with Crippen molar-refractivity contribution in [1.29, 1.82) is 0 Å². The van der Waals surface area contributed by atoms with Crippen LogP contribution in [0.15, 0.2) is 24.3 Å². The summed E-state index contributed by atoms with van der Waals surface area (Å²) in [5, 5.41) is 2.30. The van der Waals surface area contributed by atoms with E-state index in [4.69, 9.17) is 0 Å². The van der Waals surface area contributed by atoms with Crippen LogP contribution in [0.2, 0.25) is 0 Å². The van der Waals surface area contributed by atoms with E-state index in [0.717, 1.165) is 6.07 Å². The molecule has 0 aliphatic carbocycles. The number of rotatable bonds is 1. The highest BCUT2D eigenvalue weighted by Crippen LogP contribution is 2.35. The molecule has 94 valence electrons. The maximum absolute atomic E-state index is 12.6. The average molecular weight is 245 g/mol. The van der Waals surface area contributed by atoms with E-state index in [-0.39, 0.29) is 5.69 Å². The Labute approximate surface area is 97.8 Å². The van der Waals surface area contributed by atoms with Crippen LogP contribution >= 0.6 is 0 Å². The first kappa shape index (κ1) is 13.5. The van der Waals surface area contributed by atoms with E-state index in [9.17, 15) is 18.0 Å². The monoisotopic (exact) mass is 245 g/mol. The molecule has 0 unspecified atom stereocenters. The van der Waals surface area contributed by atoms with Crippen LogP contribution in [0.4, 0.5) is 18.9 Å². The zero-order valence-corrected chi connectivity index (χ0v) is 9.85. The summed E-state index contributed by atoms with van der Waals surface area (Å²) in [5.41, 5.74) is -1.78. The number of carbonyl (C=O) groups excluding carboxylic acids is 1. The predicted octanol–water partition coefficient (Wildman–Crippen LogP) is 3.69. The number of carbonyl (C=O) groups is 1. The molecule has 0 bridgehead atoms. The first-order valence-electron chi connectivity index (χ1n) is 5.10. The molecule has 2 nitrogen and oxygen atoms in total. The van der Waals surface area contributed by atoms with E-state index < -0.39 is 23.1 Å². The highest BCUT2D eigenvalue weighted by molar-refractivity contribution is 5.95. The van der Waals surface area contributed by atoms with Gasteiger partial charge < -0.3 is 5.32 Å². The van der Waals surface area contributed by atoms with Crippen LogP contribution in [0.3, 0.4) is 0 Å². The molecular formula is C12H14F3NO. The Morgan fingerprint density at radius 1 is 1.12 bits per heavy atom. The van der Waals surface area contributed by atoms with E-state index in [1.807, 2.05) is 0 Å². The van der Waals surface area contributed by atoms with E-state index in [0.29, 0.717) is 0 Å². The molecule has 1 N–H and O–H groups in total. The van der Waals surface area contributed by atoms with E-state index in [1.165, 1.54) is 18.2 Å². The van der Waals surface area contributed by atoms with Crippen molar-refractivity contribution in [2.24, 2.45) is 5.41 Å². The van der Waals surface area contributed by atoms with Crippen molar-refractivity contribution >= 4 is 11.6 Å². The fourth-order valence-corrected chi connectivity index (χ4v) is 1.15. The summed E-state index contributed by atoms with van der Waals surface area (Å²) < 4.78 is 37.9. The minimum Gasteiger partial charge on any atom is -0.325 e. The third-order valence-electron chi connectivity index (χ3n) is 2.16. The lowest BCUT2D eigenvalue weighted by molar-refractivity contribution is -0.137. The highest BCUT2D eigenvalue weighted by Gasteiger charge is 2.34. The summed E-state index contributed by atoms with van der Waals surface area (Å²) in [6.07, 6.45) is -4.47. The van der Waals surface area contributed by atoms with Gasteiger partial charge in [-0.2, -0.15) is 13.2 Å². The van der Waals surface area contributed by atoms with Crippen molar-refractivity contribution < 1.29 is 18.0 Å². The molecule has 0 radical (unpaired) electrons. The first-order valence-corrected chi connectivity index (χ1v) is 5.10. The van der Waals surface area contributed by atoms with Crippen molar-refractivity contribution in [2.75, 3.05) is 5.32 Å². The Balaban J connectivity index is 3.04. The van der Waals surface area contributed by atoms with Crippen LogP contribution in [0, 0.1) is 5.41 Å². The molecule has 5 heteroatoms. The zero-order chi connectivity index (χ0) is 13.3. The van der Waals surface area contributed by atoms with Crippen LogP contribution in [0.25, 0.3) is 0 Å². The second-order valence-electron chi connectivity index (χ2n) is 4.75. The number of halogens is 3. The number of para-hydroxylation sites is 1. The number of alkyl halides is 3. The highest BCUT2D eigenvalue weighted by atomic mass is 19.4. The summed E-state index contributed by atoms with van der Waals surface area (Å²) in [4.78, 5) is 11.6. The number of hydrogen-bond acceptors (Lipinski definition) is 1. The Bertz CT molecular complexity index is 418. The lowest BCUT2D eigenvalue weighted by Crippen LogP contribution is -2.28. The molecule has 0 aromatic heterocycles.